The fourth-order valence-electron chi connectivity index (χ4n) is 4.47. The molecule has 32 heavy (non-hydrogen) atoms. The molecule has 0 radical (unpaired) electrons. The summed E-state index contributed by atoms with van der Waals surface area (Å²) in [6.07, 6.45) is 3.33. The lowest BCUT2D eigenvalue weighted by Crippen LogP contribution is -2.28. The first-order valence-electron chi connectivity index (χ1n) is 11.2. The van der Waals surface area contributed by atoms with E-state index < -0.39 is 0 Å². The SMILES string of the molecule is CCc1cccc2c([C@@H](CC(=O)N[C@H](C)c3ccccc3)c3ccccc3OC)c[nH]c12. The third-order valence-corrected chi connectivity index (χ3v) is 6.17. The number of H-pyrrole nitrogens is 1. The quantitative estimate of drug-likeness (QED) is 0.356. The van der Waals surface area contributed by atoms with Gasteiger partial charge in [0, 0.05) is 35.0 Å². The summed E-state index contributed by atoms with van der Waals surface area (Å²) < 4.78 is 5.67. The summed E-state index contributed by atoms with van der Waals surface area (Å²) in [4.78, 5) is 16.7. The largest absolute Gasteiger partial charge is 0.496 e. The summed E-state index contributed by atoms with van der Waals surface area (Å²) in [5.41, 5.74) is 5.63. The van der Waals surface area contributed by atoms with Crippen LogP contribution >= 0.6 is 0 Å². The summed E-state index contributed by atoms with van der Waals surface area (Å²) in [5.74, 6) is 0.677. The predicted molar refractivity (Wildman–Crippen MR) is 130 cm³/mol. The number of nitrogens with one attached hydrogen (secondary N) is 2. The Hall–Kier alpha value is -3.53. The molecule has 0 spiro atoms. The highest BCUT2D eigenvalue weighted by molar-refractivity contribution is 5.88. The number of aryl methyl sites for hydroxylation is 1. The van der Waals surface area contributed by atoms with Gasteiger partial charge in [0.1, 0.15) is 5.75 Å². The minimum Gasteiger partial charge on any atom is -0.496 e. The molecule has 2 atom stereocenters. The number of methoxy groups -OCH3 is 1. The van der Waals surface area contributed by atoms with Crippen molar-refractivity contribution in [1.82, 2.24) is 10.3 Å². The maximum absolute atomic E-state index is 13.2. The van der Waals surface area contributed by atoms with Crippen LogP contribution in [0.2, 0.25) is 0 Å². The first kappa shape index (κ1) is 21.7. The van der Waals surface area contributed by atoms with E-state index in [2.05, 4.69) is 47.7 Å². The zero-order valence-electron chi connectivity index (χ0n) is 18.9. The van der Waals surface area contributed by atoms with E-state index in [1.54, 1.807) is 7.11 Å². The van der Waals surface area contributed by atoms with Gasteiger partial charge in [-0.1, -0.05) is 73.7 Å². The molecule has 0 saturated carbocycles. The number of fused-ring (bicyclic) bond motifs is 1. The summed E-state index contributed by atoms with van der Waals surface area (Å²) in [6.45, 7) is 4.18. The molecule has 3 aromatic carbocycles. The van der Waals surface area contributed by atoms with Crippen molar-refractivity contribution in [1.29, 1.82) is 0 Å². The summed E-state index contributed by atoms with van der Waals surface area (Å²) in [5, 5.41) is 4.33. The third-order valence-electron chi connectivity index (χ3n) is 6.17. The molecule has 0 fully saturated rings. The monoisotopic (exact) mass is 426 g/mol. The van der Waals surface area contributed by atoms with E-state index in [0.29, 0.717) is 6.42 Å². The second kappa shape index (κ2) is 9.73. The number of ether oxygens (including phenoxy) is 1. The van der Waals surface area contributed by atoms with Gasteiger partial charge in [-0.05, 0) is 36.1 Å². The highest BCUT2D eigenvalue weighted by Crippen LogP contribution is 2.38. The molecule has 4 heteroatoms. The molecular formula is C28H30N2O2. The second-order valence-corrected chi connectivity index (χ2v) is 8.14. The first-order chi connectivity index (χ1) is 15.6. The molecule has 0 aliphatic carbocycles. The van der Waals surface area contributed by atoms with Gasteiger partial charge in [-0.15, -0.1) is 0 Å². The maximum Gasteiger partial charge on any atom is 0.221 e. The lowest BCUT2D eigenvalue weighted by Gasteiger charge is -2.21. The molecule has 0 saturated heterocycles. The fourth-order valence-corrected chi connectivity index (χ4v) is 4.47. The van der Waals surface area contributed by atoms with Gasteiger partial charge in [-0.3, -0.25) is 4.79 Å². The Morgan fingerprint density at radius 2 is 1.72 bits per heavy atom. The average Bonchev–Trinajstić information content (AvgIpc) is 3.27. The van der Waals surface area contributed by atoms with Gasteiger partial charge in [-0.2, -0.15) is 0 Å². The Balaban J connectivity index is 1.70. The fraction of sp³-hybridized carbons (Fsp3) is 0.250. The van der Waals surface area contributed by atoms with E-state index in [9.17, 15) is 4.79 Å². The lowest BCUT2D eigenvalue weighted by molar-refractivity contribution is -0.121. The van der Waals surface area contributed by atoms with Crippen molar-refractivity contribution in [2.24, 2.45) is 0 Å². The summed E-state index contributed by atoms with van der Waals surface area (Å²) >= 11 is 0. The molecule has 4 aromatic rings. The Bertz CT molecular complexity index is 1200. The Labute approximate surface area is 189 Å². The topological polar surface area (TPSA) is 54.1 Å². The zero-order chi connectivity index (χ0) is 22.5. The average molecular weight is 427 g/mol. The molecule has 0 bridgehead atoms. The molecule has 1 aromatic heterocycles. The Morgan fingerprint density at radius 3 is 2.47 bits per heavy atom. The van der Waals surface area contributed by atoms with Gasteiger partial charge in [0.05, 0.1) is 13.2 Å². The molecule has 1 amide bonds. The van der Waals surface area contributed by atoms with Gasteiger partial charge in [0.2, 0.25) is 5.91 Å². The molecular weight excluding hydrogens is 396 g/mol. The van der Waals surface area contributed by atoms with E-state index in [1.165, 1.54) is 5.56 Å². The van der Waals surface area contributed by atoms with E-state index in [-0.39, 0.29) is 17.9 Å². The number of amides is 1. The van der Waals surface area contributed by atoms with E-state index in [0.717, 1.165) is 39.8 Å². The standard InChI is InChI=1S/C28H30N2O2/c1-4-20-13-10-15-23-25(18-29-28(20)23)24(22-14-8-9-16-26(22)32-3)17-27(31)30-19(2)21-11-6-5-7-12-21/h5-16,18-19,24,29H,4,17H2,1-3H3,(H,30,31)/t19-,24+/m1/s1. The van der Waals surface area contributed by atoms with Crippen LogP contribution in [0.5, 0.6) is 5.75 Å². The lowest BCUT2D eigenvalue weighted by atomic mass is 9.87. The van der Waals surface area contributed by atoms with Crippen LogP contribution in [0.3, 0.4) is 0 Å². The number of hydrogen-bond acceptors (Lipinski definition) is 2. The smallest absolute Gasteiger partial charge is 0.221 e. The second-order valence-electron chi connectivity index (χ2n) is 8.14. The predicted octanol–water partition coefficient (Wildman–Crippen LogP) is 6.14. The normalized spacial score (nSPS) is 13.0. The van der Waals surface area contributed by atoms with Crippen molar-refractivity contribution < 1.29 is 9.53 Å². The summed E-state index contributed by atoms with van der Waals surface area (Å²) in [6, 6.07) is 24.3. The van der Waals surface area contributed by atoms with E-state index in [1.807, 2.05) is 55.5 Å². The number of rotatable bonds is 8. The third kappa shape index (κ3) is 4.40. The zero-order valence-corrected chi connectivity index (χ0v) is 18.9. The van der Waals surface area contributed by atoms with Crippen LogP contribution in [-0.2, 0) is 11.2 Å². The van der Waals surface area contributed by atoms with E-state index >= 15 is 0 Å². The molecule has 0 unspecified atom stereocenters. The molecule has 1 heterocycles. The van der Waals surface area contributed by atoms with Gasteiger partial charge in [0.15, 0.2) is 0 Å². The van der Waals surface area contributed by atoms with Crippen LogP contribution < -0.4 is 10.1 Å². The number of benzene rings is 3. The number of carbonyl (C=O) groups excluding carboxylic acids is 1. The van der Waals surface area contributed by atoms with Crippen molar-refractivity contribution in [3.8, 4) is 5.75 Å². The van der Waals surface area contributed by atoms with Crippen molar-refractivity contribution in [3.05, 3.63) is 101 Å². The molecule has 0 aliphatic heterocycles. The molecule has 164 valence electrons. The highest BCUT2D eigenvalue weighted by Gasteiger charge is 2.25. The number of para-hydroxylation sites is 2. The summed E-state index contributed by atoms with van der Waals surface area (Å²) in [7, 11) is 1.68. The number of aromatic nitrogens is 1. The van der Waals surface area contributed by atoms with Gasteiger partial charge >= 0.3 is 0 Å². The molecule has 4 rings (SSSR count). The van der Waals surface area contributed by atoms with Crippen LogP contribution in [-0.4, -0.2) is 18.0 Å². The molecule has 4 nitrogen and oxygen atoms in total. The van der Waals surface area contributed by atoms with Gasteiger partial charge in [-0.25, -0.2) is 0 Å². The van der Waals surface area contributed by atoms with Gasteiger partial charge in [0.25, 0.3) is 0 Å². The van der Waals surface area contributed by atoms with Crippen molar-refractivity contribution in [3.63, 3.8) is 0 Å². The number of aromatic amines is 1. The van der Waals surface area contributed by atoms with E-state index in [4.69, 9.17) is 4.74 Å². The first-order valence-corrected chi connectivity index (χ1v) is 11.2. The number of carbonyl (C=O) groups is 1. The van der Waals surface area contributed by atoms with Crippen molar-refractivity contribution in [2.75, 3.05) is 7.11 Å². The van der Waals surface area contributed by atoms with Crippen LogP contribution in [0.4, 0.5) is 0 Å². The Morgan fingerprint density at radius 1 is 0.969 bits per heavy atom. The number of hydrogen-bond donors (Lipinski definition) is 2. The molecule has 0 aliphatic rings. The van der Waals surface area contributed by atoms with Gasteiger partial charge < -0.3 is 15.0 Å². The minimum atomic E-state index is -0.130. The van der Waals surface area contributed by atoms with Crippen molar-refractivity contribution in [2.45, 2.75) is 38.6 Å². The van der Waals surface area contributed by atoms with Crippen molar-refractivity contribution >= 4 is 16.8 Å². The van der Waals surface area contributed by atoms with Crippen LogP contribution in [0, 0.1) is 0 Å². The molecule has 2 N–H and O–H groups in total. The maximum atomic E-state index is 13.2. The Kier molecular flexibility index (Phi) is 6.60. The van der Waals surface area contributed by atoms with Crippen LogP contribution in [0.1, 0.15) is 54.5 Å². The minimum absolute atomic E-state index is 0.0123. The van der Waals surface area contributed by atoms with Crippen LogP contribution in [0.25, 0.3) is 10.9 Å². The highest BCUT2D eigenvalue weighted by atomic mass is 16.5. The van der Waals surface area contributed by atoms with Crippen LogP contribution in [0.15, 0.2) is 79.0 Å².